The summed E-state index contributed by atoms with van der Waals surface area (Å²) in [4.78, 5) is 0. The van der Waals surface area contributed by atoms with Crippen LogP contribution in [-0.4, -0.2) is 20.0 Å². The molecule has 1 N–H and O–H groups in total. The average Bonchev–Trinajstić information content (AvgIpc) is 2.25. The van der Waals surface area contributed by atoms with E-state index in [0.29, 0.717) is 6.42 Å². The van der Waals surface area contributed by atoms with Gasteiger partial charge in [0.2, 0.25) is 0 Å². The summed E-state index contributed by atoms with van der Waals surface area (Å²) in [5, 5.41) is 2.95. The second-order valence-corrected chi connectivity index (χ2v) is 3.33. The van der Waals surface area contributed by atoms with Crippen molar-refractivity contribution in [1.82, 2.24) is 5.32 Å². The van der Waals surface area contributed by atoms with Crippen molar-refractivity contribution in [2.75, 3.05) is 13.6 Å². The SMILES string of the molecule is CNCCc1cccc(C(F)C(F)F)c1. The molecule has 1 aromatic carbocycles. The number of benzene rings is 1. The van der Waals surface area contributed by atoms with Gasteiger partial charge < -0.3 is 5.32 Å². The van der Waals surface area contributed by atoms with Gasteiger partial charge in [-0.1, -0.05) is 24.3 Å². The third-order valence-electron chi connectivity index (χ3n) is 2.15. The molecular weight excluding hydrogens is 203 g/mol. The lowest BCUT2D eigenvalue weighted by Crippen LogP contribution is -2.11. The van der Waals surface area contributed by atoms with Crippen LogP contribution < -0.4 is 5.32 Å². The molecule has 15 heavy (non-hydrogen) atoms. The van der Waals surface area contributed by atoms with E-state index in [4.69, 9.17) is 0 Å². The Hall–Kier alpha value is -1.03. The lowest BCUT2D eigenvalue weighted by molar-refractivity contribution is 0.0495. The Morgan fingerprint density at radius 1 is 1.27 bits per heavy atom. The van der Waals surface area contributed by atoms with Gasteiger partial charge in [-0.15, -0.1) is 0 Å². The highest BCUT2D eigenvalue weighted by Gasteiger charge is 2.21. The topological polar surface area (TPSA) is 12.0 Å². The third-order valence-corrected chi connectivity index (χ3v) is 2.15. The molecule has 0 fully saturated rings. The Kier molecular flexibility index (Phi) is 4.62. The number of likely N-dealkylation sites (N-methyl/N-ethyl adjacent to an activating group) is 1. The fourth-order valence-electron chi connectivity index (χ4n) is 1.33. The monoisotopic (exact) mass is 217 g/mol. The maximum Gasteiger partial charge on any atom is 0.273 e. The highest BCUT2D eigenvalue weighted by molar-refractivity contribution is 5.25. The summed E-state index contributed by atoms with van der Waals surface area (Å²) in [6.45, 7) is 0.745. The molecular formula is C11H14F3N. The van der Waals surface area contributed by atoms with E-state index in [1.54, 1.807) is 19.2 Å². The molecule has 1 atom stereocenters. The van der Waals surface area contributed by atoms with Crippen LogP contribution in [0, 0.1) is 0 Å². The van der Waals surface area contributed by atoms with Crippen LogP contribution in [0.1, 0.15) is 17.3 Å². The second-order valence-electron chi connectivity index (χ2n) is 3.33. The van der Waals surface area contributed by atoms with Crippen LogP contribution in [0.5, 0.6) is 0 Å². The van der Waals surface area contributed by atoms with Crippen molar-refractivity contribution in [1.29, 1.82) is 0 Å². The smallest absolute Gasteiger partial charge is 0.273 e. The second kappa shape index (κ2) is 5.75. The van der Waals surface area contributed by atoms with Gasteiger partial charge in [0, 0.05) is 0 Å². The molecule has 0 saturated carbocycles. The molecule has 4 heteroatoms. The lowest BCUT2D eigenvalue weighted by Gasteiger charge is -2.09. The first-order chi connectivity index (χ1) is 7.15. The molecule has 0 aliphatic rings. The van der Waals surface area contributed by atoms with Crippen LogP contribution in [0.15, 0.2) is 24.3 Å². The van der Waals surface area contributed by atoms with Gasteiger partial charge in [0.1, 0.15) is 0 Å². The van der Waals surface area contributed by atoms with Crippen molar-refractivity contribution in [3.05, 3.63) is 35.4 Å². The van der Waals surface area contributed by atoms with Crippen molar-refractivity contribution in [2.24, 2.45) is 0 Å². The van der Waals surface area contributed by atoms with Crippen LogP contribution in [-0.2, 0) is 6.42 Å². The maximum absolute atomic E-state index is 13.0. The molecule has 1 unspecified atom stereocenters. The summed E-state index contributed by atoms with van der Waals surface area (Å²) < 4.78 is 37.2. The molecule has 84 valence electrons. The number of hydrogen-bond acceptors (Lipinski definition) is 1. The van der Waals surface area contributed by atoms with E-state index < -0.39 is 12.6 Å². The molecule has 1 aromatic rings. The minimum Gasteiger partial charge on any atom is -0.319 e. The number of halogens is 3. The van der Waals surface area contributed by atoms with E-state index >= 15 is 0 Å². The minimum atomic E-state index is -2.95. The zero-order chi connectivity index (χ0) is 11.3. The highest BCUT2D eigenvalue weighted by atomic mass is 19.3. The predicted octanol–water partition coefficient (Wildman–Crippen LogP) is 2.72. The van der Waals surface area contributed by atoms with Crippen LogP contribution in [0.4, 0.5) is 13.2 Å². The van der Waals surface area contributed by atoms with Crippen LogP contribution in [0.25, 0.3) is 0 Å². The van der Waals surface area contributed by atoms with Crippen molar-refractivity contribution in [2.45, 2.75) is 19.0 Å². The Morgan fingerprint density at radius 3 is 2.60 bits per heavy atom. The van der Waals surface area contributed by atoms with E-state index in [1.165, 1.54) is 12.1 Å². The van der Waals surface area contributed by atoms with Gasteiger partial charge in [-0.05, 0) is 31.1 Å². The predicted molar refractivity (Wildman–Crippen MR) is 53.9 cm³/mol. The molecule has 0 aromatic heterocycles. The number of nitrogens with one attached hydrogen (secondary N) is 1. The minimum absolute atomic E-state index is 0.0543. The Bertz CT molecular complexity index is 302. The first kappa shape index (κ1) is 12.0. The summed E-state index contributed by atoms with van der Waals surface area (Å²) in [6.07, 6.45) is -4.43. The largest absolute Gasteiger partial charge is 0.319 e. The van der Waals surface area contributed by atoms with E-state index in [1.807, 2.05) is 0 Å². The first-order valence-electron chi connectivity index (χ1n) is 4.81. The third kappa shape index (κ3) is 3.55. The van der Waals surface area contributed by atoms with Crippen molar-refractivity contribution in [3.63, 3.8) is 0 Å². The first-order valence-corrected chi connectivity index (χ1v) is 4.81. The Morgan fingerprint density at radius 2 is 2.00 bits per heavy atom. The van der Waals surface area contributed by atoms with Gasteiger partial charge >= 0.3 is 0 Å². The van der Waals surface area contributed by atoms with Gasteiger partial charge in [-0.2, -0.15) is 0 Å². The molecule has 0 radical (unpaired) electrons. The van der Waals surface area contributed by atoms with Crippen LogP contribution >= 0.6 is 0 Å². The van der Waals surface area contributed by atoms with E-state index in [9.17, 15) is 13.2 Å². The van der Waals surface area contributed by atoms with Gasteiger partial charge in [0.25, 0.3) is 6.43 Å². The van der Waals surface area contributed by atoms with Crippen molar-refractivity contribution < 1.29 is 13.2 Å². The summed E-state index contributed by atoms with van der Waals surface area (Å²) in [7, 11) is 1.81. The lowest BCUT2D eigenvalue weighted by atomic mass is 10.1. The van der Waals surface area contributed by atoms with Crippen LogP contribution in [0.3, 0.4) is 0 Å². The molecule has 0 aliphatic carbocycles. The quantitative estimate of drug-likeness (QED) is 0.799. The zero-order valence-corrected chi connectivity index (χ0v) is 8.51. The summed E-state index contributed by atoms with van der Waals surface area (Å²) >= 11 is 0. The molecule has 0 aliphatic heterocycles. The number of rotatable bonds is 5. The maximum atomic E-state index is 13.0. The van der Waals surface area contributed by atoms with Gasteiger partial charge in [-0.25, -0.2) is 13.2 Å². The fourth-order valence-corrected chi connectivity index (χ4v) is 1.33. The van der Waals surface area contributed by atoms with E-state index in [0.717, 1.165) is 12.1 Å². The summed E-state index contributed by atoms with van der Waals surface area (Å²) in [5.74, 6) is 0. The van der Waals surface area contributed by atoms with Crippen molar-refractivity contribution >= 4 is 0 Å². The van der Waals surface area contributed by atoms with Gasteiger partial charge in [0.05, 0.1) is 0 Å². The zero-order valence-electron chi connectivity index (χ0n) is 8.51. The molecule has 0 spiro atoms. The molecule has 1 nitrogen and oxygen atoms in total. The standard InChI is InChI=1S/C11H14F3N/c1-15-6-5-8-3-2-4-9(7-8)10(12)11(13)14/h2-4,7,10-11,15H,5-6H2,1H3. The Balaban J connectivity index is 2.73. The molecule has 1 rings (SSSR count). The van der Waals surface area contributed by atoms with Gasteiger partial charge in [0.15, 0.2) is 6.17 Å². The number of alkyl halides is 3. The van der Waals surface area contributed by atoms with E-state index in [-0.39, 0.29) is 5.56 Å². The fraction of sp³-hybridized carbons (Fsp3) is 0.455. The number of hydrogen-bond donors (Lipinski definition) is 1. The normalized spacial score (nSPS) is 13.1. The Labute approximate surface area is 87.3 Å². The molecule has 0 bridgehead atoms. The summed E-state index contributed by atoms with van der Waals surface area (Å²) in [6, 6.07) is 6.29. The molecule has 0 saturated heterocycles. The van der Waals surface area contributed by atoms with Crippen LogP contribution in [0.2, 0.25) is 0 Å². The average molecular weight is 217 g/mol. The molecule has 0 heterocycles. The van der Waals surface area contributed by atoms with Crippen molar-refractivity contribution in [3.8, 4) is 0 Å². The van der Waals surface area contributed by atoms with Gasteiger partial charge in [-0.3, -0.25) is 0 Å². The summed E-state index contributed by atoms with van der Waals surface area (Å²) in [5.41, 5.74) is 0.920. The molecule has 0 amide bonds. The van der Waals surface area contributed by atoms with E-state index in [2.05, 4.69) is 5.32 Å². The highest BCUT2D eigenvalue weighted by Crippen LogP contribution is 2.25.